The van der Waals surface area contributed by atoms with Crippen LogP contribution in [0.1, 0.15) is 28.8 Å². The molecule has 0 spiro atoms. The molecule has 2 aliphatic heterocycles. The summed E-state index contributed by atoms with van der Waals surface area (Å²) in [5, 5.41) is 0. The van der Waals surface area contributed by atoms with Gasteiger partial charge in [0.05, 0.1) is 11.5 Å². The second-order valence-electron chi connectivity index (χ2n) is 7.06. The van der Waals surface area contributed by atoms with Crippen LogP contribution in [0.3, 0.4) is 0 Å². The number of nitrogens with zero attached hydrogens (tertiary/aromatic N) is 1. The molecule has 28 heavy (non-hydrogen) atoms. The van der Waals surface area contributed by atoms with Crippen molar-refractivity contribution in [2.75, 3.05) is 19.7 Å². The number of fused-ring (bicyclic) bond motifs is 1. The third-order valence-corrected chi connectivity index (χ3v) is 6.70. The number of halogens is 1. The number of ether oxygens (including phenoxy) is 1. The molecule has 1 N–H and O–H groups in total. The highest BCUT2D eigenvalue weighted by Crippen LogP contribution is 2.27. The number of nitrogens with one attached hydrogen (secondary N) is 1. The van der Waals surface area contributed by atoms with Crippen molar-refractivity contribution in [1.82, 2.24) is 9.62 Å². The van der Waals surface area contributed by atoms with Crippen LogP contribution < -0.4 is 9.46 Å². The van der Waals surface area contributed by atoms with E-state index in [-0.39, 0.29) is 16.8 Å². The molecular weight excluding hydrogens is 383 g/mol. The molecule has 0 radical (unpaired) electrons. The van der Waals surface area contributed by atoms with E-state index in [1.165, 1.54) is 12.1 Å². The van der Waals surface area contributed by atoms with E-state index in [1.54, 1.807) is 11.0 Å². The number of sulfonamides is 1. The van der Waals surface area contributed by atoms with Crippen LogP contribution in [-0.2, 0) is 16.4 Å². The van der Waals surface area contributed by atoms with Crippen LogP contribution in [0.5, 0.6) is 5.75 Å². The molecule has 0 atom stereocenters. The molecule has 0 saturated carbocycles. The van der Waals surface area contributed by atoms with Crippen molar-refractivity contribution in [2.24, 2.45) is 0 Å². The zero-order valence-corrected chi connectivity index (χ0v) is 16.0. The van der Waals surface area contributed by atoms with Crippen LogP contribution in [0.2, 0.25) is 0 Å². The topological polar surface area (TPSA) is 75.7 Å². The minimum Gasteiger partial charge on any atom is -0.493 e. The molecule has 1 fully saturated rings. The molecule has 148 valence electrons. The second kappa shape index (κ2) is 7.52. The average Bonchev–Trinajstić information content (AvgIpc) is 3.16. The fraction of sp³-hybridized carbons (Fsp3) is 0.350. The van der Waals surface area contributed by atoms with Crippen molar-refractivity contribution in [3.8, 4) is 5.75 Å². The second-order valence-corrected chi connectivity index (χ2v) is 8.78. The third-order valence-electron chi connectivity index (χ3n) is 5.16. The number of rotatable bonds is 4. The predicted molar refractivity (Wildman–Crippen MR) is 101 cm³/mol. The first kappa shape index (κ1) is 18.9. The van der Waals surface area contributed by atoms with Gasteiger partial charge in [0, 0.05) is 31.1 Å². The van der Waals surface area contributed by atoms with Crippen LogP contribution in [-0.4, -0.2) is 45.0 Å². The van der Waals surface area contributed by atoms with Crippen molar-refractivity contribution >= 4 is 15.9 Å². The number of likely N-dealkylation sites (tertiary alicyclic amines) is 1. The van der Waals surface area contributed by atoms with Crippen LogP contribution in [0.4, 0.5) is 4.39 Å². The molecule has 2 heterocycles. The van der Waals surface area contributed by atoms with Crippen molar-refractivity contribution in [2.45, 2.75) is 30.2 Å². The molecule has 8 heteroatoms. The predicted octanol–water partition coefficient (Wildman–Crippen LogP) is 2.34. The lowest BCUT2D eigenvalue weighted by Gasteiger charge is -2.32. The summed E-state index contributed by atoms with van der Waals surface area (Å²) < 4.78 is 46.0. The van der Waals surface area contributed by atoms with Crippen LogP contribution in [0.15, 0.2) is 47.4 Å². The Hall–Kier alpha value is -2.45. The SMILES string of the molecule is O=C(c1ccc2c(c1)CCO2)N1CCC(NS(=O)(=O)c2ccc(F)cc2)CC1. The van der Waals surface area contributed by atoms with Crippen molar-refractivity contribution < 1.29 is 22.3 Å². The van der Waals surface area contributed by atoms with Crippen molar-refractivity contribution in [1.29, 1.82) is 0 Å². The number of carbonyl (C=O) groups is 1. The van der Waals surface area contributed by atoms with Gasteiger partial charge in [-0.1, -0.05) is 0 Å². The van der Waals surface area contributed by atoms with Crippen LogP contribution in [0.25, 0.3) is 0 Å². The van der Waals surface area contributed by atoms with Gasteiger partial charge in [-0.2, -0.15) is 0 Å². The molecule has 0 aromatic heterocycles. The number of benzene rings is 2. The molecule has 2 aliphatic rings. The fourth-order valence-electron chi connectivity index (χ4n) is 3.60. The van der Waals surface area contributed by atoms with Gasteiger partial charge in [-0.3, -0.25) is 4.79 Å². The van der Waals surface area contributed by atoms with Crippen molar-refractivity contribution in [3.05, 3.63) is 59.4 Å². The highest BCUT2D eigenvalue weighted by molar-refractivity contribution is 7.89. The largest absolute Gasteiger partial charge is 0.493 e. The summed E-state index contributed by atoms with van der Waals surface area (Å²) >= 11 is 0. The Morgan fingerprint density at radius 1 is 1.11 bits per heavy atom. The zero-order valence-electron chi connectivity index (χ0n) is 15.2. The molecule has 4 rings (SSSR count). The number of piperidine rings is 1. The van der Waals surface area contributed by atoms with E-state index < -0.39 is 15.8 Å². The molecule has 6 nitrogen and oxygen atoms in total. The summed E-state index contributed by atoms with van der Waals surface area (Å²) in [4.78, 5) is 14.5. The molecule has 0 unspecified atom stereocenters. The zero-order chi connectivity index (χ0) is 19.7. The van der Waals surface area contributed by atoms with Gasteiger partial charge in [-0.05, 0) is 60.9 Å². The molecule has 1 saturated heterocycles. The maximum absolute atomic E-state index is 13.0. The van der Waals surface area contributed by atoms with E-state index >= 15 is 0 Å². The smallest absolute Gasteiger partial charge is 0.253 e. The van der Waals surface area contributed by atoms with E-state index in [0.29, 0.717) is 38.1 Å². The molecule has 0 aliphatic carbocycles. The third kappa shape index (κ3) is 3.88. The molecule has 0 bridgehead atoms. The van der Waals surface area contributed by atoms with Gasteiger partial charge >= 0.3 is 0 Å². The van der Waals surface area contributed by atoms with Gasteiger partial charge < -0.3 is 9.64 Å². The normalized spacial score (nSPS) is 17.2. The summed E-state index contributed by atoms with van der Waals surface area (Å²) in [6, 6.07) is 9.97. The number of hydrogen-bond donors (Lipinski definition) is 1. The summed E-state index contributed by atoms with van der Waals surface area (Å²) in [6.45, 7) is 1.60. The summed E-state index contributed by atoms with van der Waals surface area (Å²) in [5.41, 5.74) is 1.68. The van der Waals surface area contributed by atoms with E-state index in [9.17, 15) is 17.6 Å². The van der Waals surface area contributed by atoms with Crippen molar-refractivity contribution in [3.63, 3.8) is 0 Å². The van der Waals surface area contributed by atoms with Gasteiger partial charge in [0.25, 0.3) is 5.91 Å². The van der Waals surface area contributed by atoms with E-state index in [4.69, 9.17) is 4.74 Å². The maximum Gasteiger partial charge on any atom is 0.253 e. The Bertz CT molecular complexity index is 984. The number of carbonyl (C=O) groups excluding carboxylic acids is 1. The maximum atomic E-state index is 13.0. The quantitative estimate of drug-likeness (QED) is 0.849. The fourth-order valence-corrected chi connectivity index (χ4v) is 4.91. The lowest BCUT2D eigenvalue weighted by Crippen LogP contribution is -2.46. The lowest BCUT2D eigenvalue weighted by atomic mass is 10.0. The number of amides is 1. The first-order chi connectivity index (χ1) is 13.4. The number of hydrogen-bond acceptors (Lipinski definition) is 4. The Morgan fingerprint density at radius 3 is 2.54 bits per heavy atom. The van der Waals surface area contributed by atoms with E-state index in [1.807, 2.05) is 12.1 Å². The molecular formula is C20H21FN2O4S. The standard InChI is InChI=1S/C20H21FN2O4S/c21-16-2-4-18(5-3-16)28(25,26)22-17-7-10-23(11-8-17)20(24)15-1-6-19-14(13-15)9-12-27-19/h1-6,13,17,22H,7-12H2. The summed E-state index contributed by atoms with van der Waals surface area (Å²) in [6.07, 6.45) is 1.87. The van der Waals surface area contributed by atoms with Crippen LogP contribution in [0, 0.1) is 5.82 Å². The summed E-state index contributed by atoms with van der Waals surface area (Å²) in [5.74, 6) is 0.309. The minimum atomic E-state index is -3.71. The van der Waals surface area contributed by atoms with Crippen LogP contribution >= 0.6 is 0 Å². The molecule has 2 aromatic carbocycles. The van der Waals surface area contributed by atoms with E-state index in [2.05, 4.69) is 4.72 Å². The highest BCUT2D eigenvalue weighted by Gasteiger charge is 2.27. The first-order valence-corrected chi connectivity index (χ1v) is 10.7. The minimum absolute atomic E-state index is 0.0350. The van der Waals surface area contributed by atoms with Gasteiger partial charge in [0.2, 0.25) is 10.0 Å². The summed E-state index contributed by atoms with van der Waals surface area (Å²) in [7, 11) is -3.71. The lowest BCUT2D eigenvalue weighted by molar-refractivity contribution is 0.0711. The van der Waals surface area contributed by atoms with Gasteiger partial charge in [0.15, 0.2) is 0 Å². The van der Waals surface area contributed by atoms with Gasteiger partial charge in [0.1, 0.15) is 11.6 Å². The monoisotopic (exact) mass is 404 g/mol. The highest BCUT2D eigenvalue weighted by atomic mass is 32.2. The first-order valence-electron chi connectivity index (χ1n) is 9.25. The van der Waals surface area contributed by atoms with Gasteiger partial charge in [-0.15, -0.1) is 0 Å². The average molecular weight is 404 g/mol. The Labute approximate surface area is 163 Å². The van der Waals surface area contributed by atoms with Gasteiger partial charge in [-0.25, -0.2) is 17.5 Å². The molecule has 1 amide bonds. The molecule has 2 aromatic rings. The Kier molecular flexibility index (Phi) is 5.07. The Morgan fingerprint density at radius 2 is 1.82 bits per heavy atom. The Balaban J connectivity index is 1.36. The van der Waals surface area contributed by atoms with E-state index in [0.717, 1.165) is 29.9 Å².